The summed E-state index contributed by atoms with van der Waals surface area (Å²) in [5, 5.41) is 6.97. The maximum Gasteiger partial charge on any atom is 0.166 e. The van der Waals surface area contributed by atoms with E-state index in [2.05, 4.69) is 10.6 Å². The summed E-state index contributed by atoms with van der Waals surface area (Å²) in [7, 11) is 0. The lowest BCUT2D eigenvalue weighted by Gasteiger charge is -2.25. The lowest BCUT2D eigenvalue weighted by molar-refractivity contribution is -0.00573. The Hall–Kier alpha value is -0.390. The van der Waals surface area contributed by atoms with Crippen LogP contribution in [0.15, 0.2) is 0 Å². The van der Waals surface area contributed by atoms with Crippen molar-refractivity contribution in [3.8, 4) is 0 Å². The molecule has 0 heterocycles. The van der Waals surface area contributed by atoms with Gasteiger partial charge in [-0.1, -0.05) is 0 Å². The smallest absolute Gasteiger partial charge is 0.166 e. The van der Waals surface area contributed by atoms with Crippen LogP contribution >= 0.6 is 12.2 Å². The van der Waals surface area contributed by atoms with Gasteiger partial charge in [0, 0.05) is 32.9 Å². The normalized spacial score (nSPS) is 11.3. The van der Waals surface area contributed by atoms with E-state index in [0.717, 1.165) is 26.2 Å². The number of hydrogen-bond acceptors (Lipinski definition) is 3. The summed E-state index contributed by atoms with van der Waals surface area (Å²) < 4.78 is 10.8. The van der Waals surface area contributed by atoms with Gasteiger partial charge in [-0.25, -0.2) is 0 Å². The van der Waals surface area contributed by atoms with Gasteiger partial charge in [0.25, 0.3) is 0 Å². The molecule has 0 atom stereocenters. The molecule has 0 radical (unpaired) electrons. The first-order valence-electron chi connectivity index (χ1n) is 6.25. The molecule has 0 aliphatic heterocycles. The van der Waals surface area contributed by atoms with Crippen LogP contribution in [-0.4, -0.2) is 43.6 Å². The Morgan fingerprint density at radius 1 is 1.18 bits per heavy atom. The van der Waals surface area contributed by atoms with Crippen molar-refractivity contribution in [2.75, 3.05) is 32.9 Å². The minimum absolute atomic E-state index is 0.189. The van der Waals surface area contributed by atoms with Crippen molar-refractivity contribution in [2.45, 2.75) is 39.7 Å². The molecule has 5 heteroatoms. The molecule has 0 saturated heterocycles. The molecule has 0 bridgehead atoms. The molecule has 0 saturated carbocycles. The molecule has 0 amide bonds. The molecule has 0 aliphatic rings. The average molecular weight is 262 g/mol. The third kappa shape index (κ3) is 10.5. The van der Waals surface area contributed by atoms with Crippen molar-refractivity contribution in [3.05, 3.63) is 0 Å². The molecule has 0 aromatic carbocycles. The fourth-order valence-electron chi connectivity index (χ4n) is 1.32. The fourth-order valence-corrected chi connectivity index (χ4v) is 1.49. The van der Waals surface area contributed by atoms with E-state index in [1.807, 2.05) is 27.7 Å². The van der Waals surface area contributed by atoms with E-state index in [4.69, 9.17) is 21.7 Å². The van der Waals surface area contributed by atoms with Crippen LogP contribution in [0.3, 0.4) is 0 Å². The lowest BCUT2D eigenvalue weighted by atomic mass is 10.1. The zero-order chi connectivity index (χ0) is 13.1. The predicted octanol–water partition coefficient (Wildman–Crippen LogP) is 1.69. The van der Waals surface area contributed by atoms with E-state index in [-0.39, 0.29) is 5.60 Å². The second-order valence-electron chi connectivity index (χ2n) is 4.35. The van der Waals surface area contributed by atoms with Gasteiger partial charge in [0.05, 0.1) is 5.60 Å². The minimum atomic E-state index is -0.189. The largest absolute Gasteiger partial charge is 0.382 e. The first kappa shape index (κ1) is 16.6. The van der Waals surface area contributed by atoms with Crippen LogP contribution in [0, 0.1) is 0 Å². The quantitative estimate of drug-likeness (QED) is 0.489. The van der Waals surface area contributed by atoms with Gasteiger partial charge in [0.1, 0.15) is 0 Å². The second-order valence-corrected chi connectivity index (χ2v) is 4.76. The topological polar surface area (TPSA) is 42.5 Å². The fraction of sp³-hybridized carbons (Fsp3) is 0.917. The summed E-state index contributed by atoms with van der Waals surface area (Å²) in [4.78, 5) is 0. The first-order valence-corrected chi connectivity index (χ1v) is 6.66. The Kier molecular flexibility index (Phi) is 9.40. The van der Waals surface area contributed by atoms with Crippen LogP contribution in [-0.2, 0) is 9.47 Å². The molecular weight excluding hydrogens is 236 g/mol. The van der Waals surface area contributed by atoms with Crippen LogP contribution in [0.4, 0.5) is 0 Å². The standard InChI is InChI=1S/C12H26N2O2S/c1-5-15-9-7-8-13-11(17)14-10-12(3,4)16-6-2/h5-10H2,1-4H3,(H2,13,14,17). The van der Waals surface area contributed by atoms with Gasteiger partial charge in [0.15, 0.2) is 5.11 Å². The predicted molar refractivity (Wildman–Crippen MR) is 75.4 cm³/mol. The highest BCUT2D eigenvalue weighted by Gasteiger charge is 2.17. The maximum atomic E-state index is 5.57. The summed E-state index contributed by atoms with van der Waals surface area (Å²) in [6.07, 6.45) is 0.963. The molecule has 102 valence electrons. The van der Waals surface area contributed by atoms with Crippen LogP contribution in [0.1, 0.15) is 34.1 Å². The summed E-state index contributed by atoms with van der Waals surface area (Å²) in [5.74, 6) is 0. The van der Waals surface area contributed by atoms with E-state index in [1.165, 1.54) is 0 Å². The van der Waals surface area contributed by atoms with Crippen molar-refractivity contribution >= 4 is 17.3 Å². The number of thiocarbonyl (C=S) groups is 1. The van der Waals surface area contributed by atoms with E-state index in [9.17, 15) is 0 Å². The van der Waals surface area contributed by atoms with Gasteiger partial charge in [0.2, 0.25) is 0 Å². The molecule has 0 aromatic rings. The Morgan fingerprint density at radius 3 is 2.47 bits per heavy atom. The summed E-state index contributed by atoms with van der Waals surface area (Å²) >= 11 is 5.17. The number of nitrogens with one attached hydrogen (secondary N) is 2. The van der Waals surface area contributed by atoms with Gasteiger partial charge >= 0.3 is 0 Å². The minimum Gasteiger partial charge on any atom is -0.382 e. The third-order valence-electron chi connectivity index (χ3n) is 2.16. The highest BCUT2D eigenvalue weighted by molar-refractivity contribution is 7.80. The summed E-state index contributed by atoms with van der Waals surface area (Å²) in [6.45, 7) is 11.9. The lowest BCUT2D eigenvalue weighted by Crippen LogP contribution is -2.44. The summed E-state index contributed by atoms with van der Waals surface area (Å²) in [6, 6.07) is 0. The average Bonchev–Trinajstić information content (AvgIpc) is 2.26. The second kappa shape index (κ2) is 9.62. The molecule has 4 nitrogen and oxygen atoms in total. The molecular formula is C12H26N2O2S. The highest BCUT2D eigenvalue weighted by atomic mass is 32.1. The highest BCUT2D eigenvalue weighted by Crippen LogP contribution is 2.06. The molecule has 2 N–H and O–H groups in total. The van der Waals surface area contributed by atoms with Gasteiger partial charge < -0.3 is 20.1 Å². The van der Waals surface area contributed by atoms with Gasteiger partial charge in [-0.15, -0.1) is 0 Å². The maximum absolute atomic E-state index is 5.57. The summed E-state index contributed by atoms with van der Waals surface area (Å²) in [5.41, 5.74) is -0.189. The Labute approximate surface area is 110 Å². The SMILES string of the molecule is CCOCCCNC(=S)NCC(C)(C)OCC. The molecule has 0 aromatic heterocycles. The Morgan fingerprint density at radius 2 is 1.88 bits per heavy atom. The van der Waals surface area contributed by atoms with Crippen molar-refractivity contribution in [3.63, 3.8) is 0 Å². The van der Waals surface area contributed by atoms with Crippen LogP contribution in [0.5, 0.6) is 0 Å². The van der Waals surface area contributed by atoms with Gasteiger partial charge in [-0.05, 0) is 46.3 Å². The van der Waals surface area contributed by atoms with E-state index in [0.29, 0.717) is 18.3 Å². The zero-order valence-corrected chi connectivity index (χ0v) is 12.3. The molecule has 0 unspecified atom stereocenters. The Balaban J connectivity index is 3.52. The monoisotopic (exact) mass is 262 g/mol. The molecule has 0 spiro atoms. The Bertz CT molecular complexity index is 211. The van der Waals surface area contributed by atoms with E-state index < -0.39 is 0 Å². The first-order chi connectivity index (χ1) is 8.02. The molecule has 0 rings (SSSR count). The number of hydrogen-bond donors (Lipinski definition) is 2. The van der Waals surface area contributed by atoms with Crippen molar-refractivity contribution < 1.29 is 9.47 Å². The van der Waals surface area contributed by atoms with Gasteiger partial charge in [-0.2, -0.15) is 0 Å². The van der Waals surface area contributed by atoms with Crippen molar-refractivity contribution in [2.24, 2.45) is 0 Å². The van der Waals surface area contributed by atoms with Crippen molar-refractivity contribution in [1.82, 2.24) is 10.6 Å². The molecule has 0 fully saturated rings. The van der Waals surface area contributed by atoms with Gasteiger partial charge in [-0.3, -0.25) is 0 Å². The van der Waals surface area contributed by atoms with Crippen LogP contribution in [0.25, 0.3) is 0 Å². The van der Waals surface area contributed by atoms with Crippen molar-refractivity contribution in [1.29, 1.82) is 0 Å². The van der Waals surface area contributed by atoms with E-state index in [1.54, 1.807) is 0 Å². The van der Waals surface area contributed by atoms with Crippen LogP contribution in [0.2, 0.25) is 0 Å². The third-order valence-corrected chi connectivity index (χ3v) is 2.45. The molecule has 0 aliphatic carbocycles. The van der Waals surface area contributed by atoms with Crippen LogP contribution < -0.4 is 10.6 Å². The molecule has 17 heavy (non-hydrogen) atoms. The zero-order valence-electron chi connectivity index (χ0n) is 11.5. The number of rotatable bonds is 9. The van der Waals surface area contributed by atoms with E-state index >= 15 is 0 Å². The number of ether oxygens (including phenoxy) is 2.